The van der Waals surface area contributed by atoms with Crippen LogP contribution >= 0.6 is 0 Å². The molecule has 1 aliphatic heterocycles. The van der Waals surface area contributed by atoms with E-state index in [9.17, 15) is 0 Å². The van der Waals surface area contributed by atoms with Crippen molar-refractivity contribution in [2.75, 3.05) is 11.7 Å². The average molecular weight is 192 g/mol. The lowest BCUT2D eigenvalue weighted by Gasteiger charge is -2.39. The lowest BCUT2D eigenvalue weighted by Crippen LogP contribution is -2.44. The zero-order chi connectivity index (χ0) is 10.2. The van der Waals surface area contributed by atoms with Gasteiger partial charge in [0.05, 0.1) is 24.0 Å². The molecule has 76 valence electrons. The van der Waals surface area contributed by atoms with E-state index in [1.165, 1.54) is 5.56 Å². The summed E-state index contributed by atoms with van der Waals surface area (Å²) in [6, 6.07) is 2.07. The number of aromatic nitrogens is 1. The van der Waals surface area contributed by atoms with E-state index in [4.69, 9.17) is 4.84 Å². The molecular formula is C11H16N2O. The smallest absolute Gasteiger partial charge is 0.0858 e. The highest BCUT2D eigenvalue weighted by atomic mass is 16.7. The molecule has 14 heavy (non-hydrogen) atoms. The topological polar surface area (TPSA) is 25.4 Å². The zero-order valence-electron chi connectivity index (χ0n) is 8.95. The van der Waals surface area contributed by atoms with Crippen LogP contribution in [0.15, 0.2) is 18.5 Å². The Labute approximate surface area is 84.7 Å². The minimum Gasteiger partial charge on any atom is -0.273 e. The molecule has 0 aliphatic carbocycles. The van der Waals surface area contributed by atoms with Crippen LogP contribution in [0.2, 0.25) is 0 Å². The fraction of sp³-hybridized carbons (Fsp3) is 0.545. The van der Waals surface area contributed by atoms with Crippen molar-refractivity contribution in [2.45, 2.75) is 32.7 Å². The quantitative estimate of drug-likeness (QED) is 0.630. The Kier molecular flexibility index (Phi) is 2.19. The van der Waals surface area contributed by atoms with Crippen LogP contribution in [-0.4, -0.2) is 17.1 Å². The van der Waals surface area contributed by atoms with Gasteiger partial charge in [-0.15, -0.1) is 0 Å². The van der Waals surface area contributed by atoms with Crippen LogP contribution in [-0.2, 0) is 11.3 Å². The highest BCUT2D eigenvalue weighted by Gasteiger charge is 2.27. The number of rotatable bonds is 0. The molecule has 1 aromatic heterocycles. The van der Waals surface area contributed by atoms with Crippen molar-refractivity contribution in [3.8, 4) is 0 Å². The minimum atomic E-state index is -0.0157. The van der Waals surface area contributed by atoms with Crippen molar-refractivity contribution in [1.29, 1.82) is 0 Å². The van der Waals surface area contributed by atoms with Gasteiger partial charge in [0.1, 0.15) is 0 Å². The molecule has 0 aromatic carbocycles. The maximum atomic E-state index is 5.66. The van der Waals surface area contributed by atoms with Crippen molar-refractivity contribution in [2.24, 2.45) is 0 Å². The van der Waals surface area contributed by atoms with Gasteiger partial charge in [0.25, 0.3) is 0 Å². The first-order valence-electron chi connectivity index (χ1n) is 4.95. The van der Waals surface area contributed by atoms with Crippen molar-refractivity contribution >= 4 is 5.69 Å². The Morgan fingerprint density at radius 2 is 2.21 bits per heavy atom. The number of pyridine rings is 1. The summed E-state index contributed by atoms with van der Waals surface area (Å²) < 4.78 is 0. The standard InChI is InChI=1S/C11H16N2O/c1-11(2,3)13-10-8-12-6-4-9(10)5-7-14-13/h4,6,8H,5,7H2,1-3H3. The molecule has 0 unspecified atom stereocenters. The van der Waals surface area contributed by atoms with Crippen LogP contribution in [0, 0.1) is 0 Å². The Hall–Kier alpha value is -1.09. The van der Waals surface area contributed by atoms with Crippen LogP contribution < -0.4 is 5.06 Å². The summed E-state index contributed by atoms with van der Waals surface area (Å²) in [6.45, 7) is 7.16. The lowest BCUT2D eigenvalue weighted by molar-refractivity contribution is 0.0586. The third-order valence-corrected chi connectivity index (χ3v) is 2.31. The second-order valence-electron chi connectivity index (χ2n) is 4.55. The van der Waals surface area contributed by atoms with Crippen molar-refractivity contribution < 1.29 is 4.84 Å². The van der Waals surface area contributed by atoms with Gasteiger partial charge < -0.3 is 0 Å². The monoisotopic (exact) mass is 192 g/mol. The normalized spacial score (nSPS) is 16.6. The van der Waals surface area contributed by atoms with Crippen molar-refractivity contribution in [1.82, 2.24) is 4.98 Å². The molecule has 3 heteroatoms. The van der Waals surface area contributed by atoms with Gasteiger partial charge in [-0.25, -0.2) is 5.06 Å². The maximum Gasteiger partial charge on any atom is 0.0858 e. The first kappa shape index (κ1) is 9.46. The highest BCUT2D eigenvalue weighted by Crippen LogP contribution is 2.30. The summed E-state index contributed by atoms with van der Waals surface area (Å²) in [5.41, 5.74) is 2.41. The molecule has 0 radical (unpaired) electrons. The van der Waals surface area contributed by atoms with Crippen LogP contribution in [0.3, 0.4) is 0 Å². The van der Waals surface area contributed by atoms with Crippen molar-refractivity contribution in [3.05, 3.63) is 24.0 Å². The van der Waals surface area contributed by atoms with Gasteiger partial charge in [0.2, 0.25) is 0 Å². The molecule has 0 saturated carbocycles. The van der Waals surface area contributed by atoms with E-state index in [-0.39, 0.29) is 5.54 Å². The third kappa shape index (κ3) is 1.60. The third-order valence-electron chi connectivity index (χ3n) is 2.31. The first-order chi connectivity index (χ1) is 6.59. The SMILES string of the molecule is CC(C)(C)N1OCCc2ccncc21. The Balaban J connectivity index is 2.41. The highest BCUT2D eigenvalue weighted by molar-refractivity contribution is 5.52. The molecule has 0 fully saturated rings. The van der Waals surface area contributed by atoms with E-state index in [1.54, 1.807) is 0 Å². The predicted molar refractivity (Wildman–Crippen MR) is 56.1 cm³/mol. The van der Waals surface area contributed by atoms with Gasteiger partial charge in [0.15, 0.2) is 0 Å². The van der Waals surface area contributed by atoms with Crippen LogP contribution in [0.4, 0.5) is 5.69 Å². The molecule has 3 nitrogen and oxygen atoms in total. The fourth-order valence-electron chi connectivity index (χ4n) is 1.68. The molecule has 0 saturated heterocycles. The first-order valence-corrected chi connectivity index (χ1v) is 4.95. The van der Waals surface area contributed by atoms with E-state index >= 15 is 0 Å². The average Bonchev–Trinajstić information content (AvgIpc) is 2.15. The van der Waals surface area contributed by atoms with Gasteiger partial charge in [-0.2, -0.15) is 0 Å². The molecule has 2 heterocycles. The Bertz CT molecular complexity index is 330. The van der Waals surface area contributed by atoms with E-state index in [0.29, 0.717) is 0 Å². The number of hydroxylamine groups is 1. The summed E-state index contributed by atoms with van der Waals surface area (Å²) >= 11 is 0. The summed E-state index contributed by atoms with van der Waals surface area (Å²) in [4.78, 5) is 9.80. The molecule has 0 bridgehead atoms. The number of hydrogen-bond donors (Lipinski definition) is 0. The molecule has 0 spiro atoms. The van der Waals surface area contributed by atoms with Crippen LogP contribution in [0.5, 0.6) is 0 Å². The van der Waals surface area contributed by atoms with E-state index in [1.807, 2.05) is 17.5 Å². The lowest BCUT2D eigenvalue weighted by atomic mass is 10.0. The van der Waals surface area contributed by atoms with Gasteiger partial charge in [-0.1, -0.05) is 0 Å². The van der Waals surface area contributed by atoms with Crippen molar-refractivity contribution in [3.63, 3.8) is 0 Å². The molecule has 0 atom stereocenters. The number of hydrogen-bond acceptors (Lipinski definition) is 3. The minimum absolute atomic E-state index is 0.0157. The predicted octanol–water partition coefficient (Wildman–Crippen LogP) is 2.17. The molecule has 0 N–H and O–H groups in total. The summed E-state index contributed by atoms with van der Waals surface area (Å²) in [6.07, 6.45) is 4.69. The fourth-order valence-corrected chi connectivity index (χ4v) is 1.68. The second-order valence-corrected chi connectivity index (χ2v) is 4.55. The molecule has 1 aliphatic rings. The van der Waals surface area contributed by atoms with Crippen LogP contribution in [0.1, 0.15) is 26.3 Å². The summed E-state index contributed by atoms with van der Waals surface area (Å²) in [5.74, 6) is 0. The van der Waals surface area contributed by atoms with Gasteiger partial charge in [0, 0.05) is 12.6 Å². The van der Waals surface area contributed by atoms with E-state index < -0.39 is 0 Å². The molecule has 2 rings (SSSR count). The van der Waals surface area contributed by atoms with E-state index in [0.717, 1.165) is 18.7 Å². The Morgan fingerprint density at radius 3 is 2.93 bits per heavy atom. The Morgan fingerprint density at radius 1 is 1.43 bits per heavy atom. The van der Waals surface area contributed by atoms with Gasteiger partial charge >= 0.3 is 0 Å². The number of fused-ring (bicyclic) bond motifs is 1. The molecular weight excluding hydrogens is 176 g/mol. The molecule has 0 amide bonds. The summed E-state index contributed by atoms with van der Waals surface area (Å²) in [5, 5.41) is 1.96. The van der Waals surface area contributed by atoms with Crippen LogP contribution in [0.25, 0.3) is 0 Å². The largest absolute Gasteiger partial charge is 0.273 e. The van der Waals surface area contributed by atoms with Gasteiger partial charge in [-0.3, -0.25) is 9.82 Å². The van der Waals surface area contributed by atoms with E-state index in [2.05, 4.69) is 31.8 Å². The summed E-state index contributed by atoms with van der Waals surface area (Å²) in [7, 11) is 0. The zero-order valence-corrected chi connectivity index (χ0v) is 8.95. The molecule has 1 aromatic rings. The maximum absolute atomic E-state index is 5.66. The second kappa shape index (κ2) is 3.24. The number of nitrogens with zero attached hydrogens (tertiary/aromatic N) is 2. The van der Waals surface area contributed by atoms with Gasteiger partial charge in [-0.05, 0) is 32.4 Å². The number of anilines is 1.